The Balaban J connectivity index is 1.25. The Kier molecular flexibility index (Phi) is 5.80. The highest BCUT2D eigenvalue weighted by atomic mass is 16.5. The summed E-state index contributed by atoms with van der Waals surface area (Å²) in [6.45, 7) is 5.39. The fourth-order valence-corrected chi connectivity index (χ4v) is 4.42. The average Bonchev–Trinajstić information content (AvgIpc) is 3.12. The van der Waals surface area contributed by atoms with Gasteiger partial charge in [0.2, 0.25) is 0 Å². The summed E-state index contributed by atoms with van der Waals surface area (Å²) in [6, 6.07) is 16.0. The van der Waals surface area contributed by atoms with E-state index < -0.39 is 0 Å². The molecule has 1 fully saturated rings. The molecule has 2 aromatic carbocycles. The highest BCUT2D eigenvalue weighted by Gasteiger charge is 2.20. The SMILES string of the molecule is CN(C)Cc1ccc(CC2CCN(Cc3ccc4c(c3)CCO4)CC2)cc1. The molecule has 0 bridgehead atoms. The van der Waals surface area contributed by atoms with E-state index in [1.807, 2.05) is 0 Å². The lowest BCUT2D eigenvalue weighted by atomic mass is 9.89. The van der Waals surface area contributed by atoms with Crippen molar-refractivity contribution < 1.29 is 4.74 Å². The number of fused-ring (bicyclic) bond motifs is 1. The normalized spacial score (nSPS) is 17.9. The van der Waals surface area contributed by atoms with Crippen molar-refractivity contribution in [3.63, 3.8) is 0 Å². The molecule has 0 aliphatic carbocycles. The third-order valence-electron chi connectivity index (χ3n) is 5.91. The molecule has 2 aliphatic heterocycles. The van der Waals surface area contributed by atoms with Gasteiger partial charge in [0.25, 0.3) is 0 Å². The molecule has 1 saturated heterocycles. The standard InChI is InChI=1S/C24H32N2O/c1-25(2)17-21-5-3-19(4-6-21)15-20-9-12-26(13-10-20)18-22-7-8-24-23(16-22)11-14-27-24/h3-8,16,20H,9-15,17-18H2,1-2H3. The summed E-state index contributed by atoms with van der Waals surface area (Å²) in [4.78, 5) is 4.84. The van der Waals surface area contributed by atoms with Crippen LogP contribution in [0, 0.1) is 5.92 Å². The van der Waals surface area contributed by atoms with Crippen LogP contribution in [-0.4, -0.2) is 43.6 Å². The van der Waals surface area contributed by atoms with E-state index in [0.717, 1.165) is 37.8 Å². The predicted molar refractivity (Wildman–Crippen MR) is 111 cm³/mol. The first kappa shape index (κ1) is 18.5. The van der Waals surface area contributed by atoms with E-state index in [4.69, 9.17) is 4.74 Å². The molecular formula is C24H32N2O. The minimum absolute atomic E-state index is 0.828. The molecule has 3 nitrogen and oxygen atoms in total. The van der Waals surface area contributed by atoms with Crippen molar-refractivity contribution in [2.45, 2.75) is 38.8 Å². The molecule has 144 valence electrons. The summed E-state index contributed by atoms with van der Waals surface area (Å²) < 4.78 is 5.62. The zero-order chi connectivity index (χ0) is 18.6. The van der Waals surface area contributed by atoms with Gasteiger partial charge in [0.05, 0.1) is 6.61 Å². The van der Waals surface area contributed by atoms with Crippen molar-refractivity contribution in [1.82, 2.24) is 9.80 Å². The Morgan fingerprint density at radius 3 is 2.41 bits per heavy atom. The van der Waals surface area contributed by atoms with Gasteiger partial charge in [-0.05, 0) is 80.7 Å². The predicted octanol–water partition coefficient (Wildman–Crippen LogP) is 4.14. The smallest absolute Gasteiger partial charge is 0.122 e. The number of rotatable bonds is 6. The lowest BCUT2D eigenvalue weighted by molar-refractivity contribution is 0.177. The molecule has 0 atom stereocenters. The Bertz CT molecular complexity index is 745. The van der Waals surface area contributed by atoms with Crippen molar-refractivity contribution in [2.24, 2.45) is 5.92 Å². The van der Waals surface area contributed by atoms with E-state index >= 15 is 0 Å². The number of nitrogens with zero attached hydrogens (tertiary/aromatic N) is 2. The van der Waals surface area contributed by atoms with Gasteiger partial charge >= 0.3 is 0 Å². The maximum atomic E-state index is 5.62. The first-order valence-electron chi connectivity index (χ1n) is 10.4. The second-order valence-corrected chi connectivity index (χ2v) is 8.52. The quantitative estimate of drug-likeness (QED) is 0.766. The van der Waals surface area contributed by atoms with Gasteiger partial charge in [-0.25, -0.2) is 0 Å². The van der Waals surface area contributed by atoms with Crippen LogP contribution in [-0.2, 0) is 25.9 Å². The molecule has 0 aromatic heterocycles. The monoisotopic (exact) mass is 364 g/mol. The van der Waals surface area contributed by atoms with Crippen molar-refractivity contribution in [2.75, 3.05) is 33.8 Å². The van der Waals surface area contributed by atoms with Gasteiger partial charge < -0.3 is 9.64 Å². The number of ether oxygens (including phenoxy) is 1. The molecule has 2 aliphatic rings. The van der Waals surface area contributed by atoms with E-state index in [2.05, 4.69) is 66.4 Å². The summed E-state index contributed by atoms with van der Waals surface area (Å²) in [5.41, 5.74) is 5.72. The van der Waals surface area contributed by atoms with Gasteiger partial charge in [-0.2, -0.15) is 0 Å². The van der Waals surface area contributed by atoms with E-state index in [0.29, 0.717) is 0 Å². The second kappa shape index (κ2) is 8.45. The maximum absolute atomic E-state index is 5.62. The molecule has 0 amide bonds. The Morgan fingerprint density at radius 1 is 0.963 bits per heavy atom. The number of likely N-dealkylation sites (tertiary alicyclic amines) is 1. The molecule has 27 heavy (non-hydrogen) atoms. The van der Waals surface area contributed by atoms with Gasteiger partial charge in [0, 0.05) is 19.5 Å². The van der Waals surface area contributed by atoms with Crippen LogP contribution in [0.4, 0.5) is 0 Å². The fraction of sp³-hybridized carbons (Fsp3) is 0.500. The van der Waals surface area contributed by atoms with Gasteiger partial charge in [0.15, 0.2) is 0 Å². The minimum atomic E-state index is 0.828. The average molecular weight is 365 g/mol. The summed E-state index contributed by atoms with van der Waals surface area (Å²) in [6.07, 6.45) is 4.92. The molecule has 0 radical (unpaired) electrons. The number of piperidine rings is 1. The van der Waals surface area contributed by atoms with E-state index in [-0.39, 0.29) is 0 Å². The van der Waals surface area contributed by atoms with Crippen molar-refractivity contribution in [3.05, 3.63) is 64.7 Å². The molecule has 0 saturated carbocycles. The summed E-state index contributed by atoms with van der Waals surface area (Å²) in [7, 11) is 4.25. The third kappa shape index (κ3) is 4.91. The third-order valence-corrected chi connectivity index (χ3v) is 5.91. The van der Waals surface area contributed by atoms with Crippen LogP contribution in [0.1, 0.15) is 35.1 Å². The number of hydrogen-bond donors (Lipinski definition) is 0. The molecule has 0 unspecified atom stereocenters. The molecule has 0 N–H and O–H groups in total. The summed E-state index contributed by atoms with van der Waals surface area (Å²) in [5, 5.41) is 0. The number of hydrogen-bond acceptors (Lipinski definition) is 3. The van der Waals surface area contributed by atoms with Crippen LogP contribution in [0.3, 0.4) is 0 Å². The molecule has 0 spiro atoms. The van der Waals surface area contributed by atoms with Gasteiger partial charge in [-0.1, -0.05) is 36.4 Å². The van der Waals surface area contributed by atoms with Crippen LogP contribution in [0.25, 0.3) is 0 Å². The minimum Gasteiger partial charge on any atom is -0.493 e. The van der Waals surface area contributed by atoms with Crippen LogP contribution in [0.2, 0.25) is 0 Å². The van der Waals surface area contributed by atoms with Crippen molar-refractivity contribution >= 4 is 0 Å². The maximum Gasteiger partial charge on any atom is 0.122 e. The Morgan fingerprint density at radius 2 is 1.67 bits per heavy atom. The zero-order valence-electron chi connectivity index (χ0n) is 16.8. The van der Waals surface area contributed by atoms with E-state index in [1.54, 1.807) is 0 Å². The molecule has 2 heterocycles. The fourth-order valence-electron chi connectivity index (χ4n) is 4.42. The van der Waals surface area contributed by atoms with Crippen LogP contribution < -0.4 is 4.74 Å². The highest BCUT2D eigenvalue weighted by molar-refractivity contribution is 5.39. The van der Waals surface area contributed by atoms with Gasteiger partial charge in [0.1, 0.15) is 5.75 Å². The van der Waals surface area contributed by atoms with Crippen LogP contribution >= 0.6 is 0 Å². The molecular weight excluding hydrogens is 332 g/mol. The molecule has 4 rings (SSSR count). The first-order valence-corrected chi connectivity index (χ1v) is 10.4. The Labute approximate surface area is 163 Å². The largest absolute Gasteiger partial charge is 0.493 e. The van der Waals surface area contributed by atoms with E-state index in [9.17, 15) is 0 Å². The van der Waals surface area contributed by atoms with Gasteiger partial charge in [-0.15, -0.1) is 0 Å². The van der Waals surface area contributed by atoms with Crippen molar-refractivity contribution in [1.29, 1.82) is 0 Å². The lowest BCUT2D eigenvalue weighted by Crippen LogP contribution is -2.33. The second-order valence-electron chi connectivity index (χ2n) is 8.52. The summed E-state index contributed by atoms with van der Waals surface area (Å²) >= 11 is 0. The van der Waals surface area contributed by atoms with Crippen LogP contribution in [0.5, 0.6) is 5.75 Å². The lowest BCUT2D eigenvalue weighted by Gasteiger charge is -2.32. The Hall–Kier alpha value is -1.84. The van der Waals surface area contributed by atoms with E-state index in [1.165, 1.54) is 54.6 Å². The van der Waals surface area contributed by atoms with Crippen molar-refractivity contribution in [3.8, 4) is 5.75 Å². The molecule has 3 heteroatoms. The van der Waals surface area contributed by atoms with Crippen LogP contribution in [0.15, 0.2) is 42.5 Å². The highest BCUT2D eigenvalue weighted by Crippen LogP contribution is 2.28. The zero-order valence-corrected chi connectivity index (χ0v) is 16.8. The molecule has 2 aromatic rings. The number of benzene rings is 2. The topological polar surface area (TPSA) is 15.7 Å². The first-order chi connectivity index (χ1) is 13.2. The summed E-state index contributed by atoms with van der Waals surface area (Å²) in [5.74, 6) is 1.92. The van der Waals surface area contributed by atoms with Gasteiger partial charge in [-0.3, -0.25) is 4.90 Å².